The Hall–Kier alpha value is -1.23. The van der Waals surface area contributed by atoms with E-state index in [-0.39, 0.29) is 18.6 Å². The highest BCUT2D eigenvalue weighted by Gasteiger charge is 2.73. The molecule has 0 aromatic heterocycles. The van der Waals surface area contributed by atoms with E-state index in [4.69, 9.17) is 14.2 Å². The Labute approximate surface area is 209 Å². The Kier molecular flexibility index (Phi) is 7.10. The van der Waals surface area contributed by atoms with Gasteiger partial charge in [-0.15, -0.1) is 0 Å². The lowest BCUT2D eigenvalue weighted by Gasteiger charge is -2.38. The van der Waals surface area contributed by atoms with Gasteiger partial charge in [-0.3, -0.25) is 14.5 Å². The maximum Gasteiger partial charge on any atom is 0.320 e. The van der Waals surface area contributed by atoms with Crippen molar-refractivity contribution in [2.75, 3.05) is 6.54 Å². The first-order valence-corrected chi connectivity index (χ1v) is 14.6. The quantitative estimate of drug-likeness (QED) is 0.492. The highest BCUT2D eigenvalue weighted by molar-refractivity contribution is 7.90. The maximum absolute atomic E-state index is 13.6. The molecular formula is C25H42N2O7S. The van der Waals surface area contributed by atoms with Crippen LogP contribution in [0.3, 0.4) is 0 Å². The number of rotatable bonds is 8. The van der Waals surface area contributed by atoms with Gasteiger partial charge >= 0.3 is 11.9 Å². The second kappa shape index (κ2) is 9.26. The van der Waals surface area contributed by atoms with Crippen molar-refractivity contribution in [1.82, 2.24) is 9.62 Å². The molecule has 2 bridgehead atoms. The first kappa shape index (κ1) is 26.8. The summed E-state index contributed by atoms with van der Waals surface area (Å²) < 4.78 is 47.1. The molecule has 4 aliphatic rings. The summed E-state index contributed by atoms with van der Waals surface area (Å²) in [5, 5.41) is -0.876. The monoisotopic (exact) mass is 514 g/mol. The van der Waals surface area contributed by atoms with Crippen molar-refractivity contribution in [2.24, 2.45) is 11.8 Å². The number of ether oxygens (including phenoxy) is 3. The predicted molar refractivity (Wildman–Crippen MR) is 130 cm³/mol. The smallest absolute Gasteiger partial charge is 0.320 e. The van der Waals surface area contributed by atoms with Gasteiger partial charge in [-0.05, 0) is 73.6 Å². The van der Waals surface area contributed by atoms with Crippen LogP contribution in [0.15, 0.2) is 0 Å². The van der Waals surface area contributed by atoms with E-state index in [2.05, 4.69) is 4.72 Å². The van der Waals surface area contributed by atoms with Gasteiger partial charge in [0.1, 0.15) is 29.0 Å². The summed E-state index contributed by atoms with van der Waals surface area (Å²) >= 11 is 0. The molecule has 9 nitrogen and oxygen atoms in total. The van der Waals surface area contributed by atoms with Crippen molar-refractivity contribution in [3.63, 3.8) is 0 Å². The van der Waals surface area contributed by atoms with Crippen LogP contribution >= 0.6 is 0 Å². The Morgan fingerprint density at radius 3 is 2.23 bits per heavy atom. The summed E-state index contributed by atoms with van der Waals surface area (Å²) in [4.78, 5) is 28.7. The lowest BCUT2D eigenvalue weighted by atomic mass is 9.72. The van der Waals surface area contributed by atoms with Gasteiger partial charge in [-0.25, -0.2) is 13.1 Å². The van der Waals surface area contributed by atoms with E-state index in [0.717, 1.165) is 25.7 Å². The summed E-state index contributed by atoms with van der Waals surface area (Å²) in [6, 6.07) is 0.276. The summed E-state index contributed by atoms with van der Waals surface area (Å²) in [6.45, 7) is 13.8. The van der Waals surface area contributed by atoms with Crippen LogP contribution in [0.1, 0.15) is 80.6 Å². The van der Waals surface area contributed by atoms with Crippen LogP contribution in [0.25, 0.3) is 0 Å². The van der Waals surface area contributed by atoms with Crippen molar-refractivity contribution < 1.29 is 32.2 Å². The number of sulfonamides is 1. The molecular weight excluding hydrogens is 472 g/mol. The van der Waals surface area contributed by atoms with E-state index in [9.17, 15) is 18.0 Å². The number of esters is 2. The van der Waals surface area contributed by atoms with Gasteiger partial charge in [0, 0.05) is 23.5 Å². The Bertz CT molecular complexity index is 933. The van der Waals surface area contributed by atoms with Crippen LogP contribution in [0, 0.1) is 11.8 Å². The largest absolute Gasteiger partial charge is 0.459 e. The number of carbonyl (C=O) groups excluding carboxylic acids is 2. The molecule has 1 N–H and O–H groups in total. The summed E-state index contributed by atoms with van der Waals surface area (Å²) in [6.07, 6.45) is 1.77. The number of nitrogens with one attached hydrogen (secondary N) is 1. The molecule has 10 heteroatoms. The molecule has 3 heterocycles. The molecule has 0 spiro atoms. The third-order valence-corrected chi connectivity index (χ3v) is 10.7. The summed E-state index contributed by atoms with van der Waals surface area (Å²) in [7, 11) is -3.70. The molecule has 4 rings (SSSR count). The highest BCUT2D eigenvalue weighted by atomic mass is 32.2. The van der Waals surface area contributed by atoms with E-state index in [1.165, 1.54) is 0 Å². The minimum absolute atomic E-state index is 0.0813. The third kappa shape index (κ3) is 4.64. The van der Waals surface area contributed by atoms with Gasteiger partial charge in [0.25, 0.3) is 0 Å². The van der Waals surface area contributed by atoms with Crippen LogP contribution in [0.5, 0.6) is 0 Å². The average Bonchev–Trinajstić information content (AvgIpc) is 3.47. The first-order chi connectivity index (χ1) is 16.2. The Morgan fingerprint density at radius 2 is 1.69 bits per heavy atom. The number of hydrogen-bond acceptors (Lipinski definition) is 8. The molecule has 0 radical (unpaired) electrons. The van der Waals surface area contributed by atoms with Gasteiger partial charge in [0.2, 0.25) is 10.0 Å². The zero-order valence-corrected chi connectivity index (χ0v) is 22.9. The molecule has 4 fully saturated rings. The molecule has 6 unspecified atom stereocenters. The van der Waals surface area contributed by atoms with E-state index in [1.54, 1.807) is 0 Å². The van der Waals surface area contributed by atoms with Crippen LogP contribution in [-0.2, 0) is 33.8 Å². The second-order valence-electron chi connectivity index (χ2n) is 11.9. The van der Waals surface area contributed by atoms with Crippen molar-refractivity contribution in [1.29, 1.82) is 0 Å². The Morgan fingerprint density at radius 1 is 1.09 bits per heavy atom. The fourth-order valence-electron chi connectivity index (χ4n) is 6.93. The molecule has 3 aliphatic heterocycles. The topological polar surface area (TPSA) is 111 Å². The highest BCUT2D eigenvalue weighted by Crippen LogP contribution is 2.54. The van der Waals surface area contributed by atoms with E-state index in [0.29, 0.717) is 6.42 Å². The SMILES string of the molecule is CCC1(OC(=O)C2C(OC(=O)CN(C(C)C)C(C)C)C3OC2C2C3C(C)(C)NS2(=O)=O)CCCC1. The second-order valence-corrected chi connectivity index (χ2v) is 13.8. The van der Waals surface area contributed by atoms with E-state index < -0.39 is 68.5 Å². The zero-order chi connectivity index (χ0) is 25.9. The van der Waals surface area contributed by atoms with Gasteiger partial charge in [-0.1, -0.05) is 6.92 Å². The number of carbonyl (C=O) groups is 2. The van der Waals surface area contributed by atoms with Crippen molar-refractivity contribution in [3.05, 3.63) is 0 Å². The van der Waals surface area contributed by atoms with Crippen molar-refractivity contribution in [3.8, 4) is 0 Å². The van der Waals surface area contributed by atoms with Crippen LogP contribution in [-0.4, -0.2) is 78.6 Å². The minimum Gasteiger partial charge on any atom is -0.459 e. The van der Waals surface area contributed by atoms with Gasteiger partial charge in [0.15, 0.2) is 0 Å². The van der Waals surface area contributed by atoms with Gasteiger partial charge in [-0.2, -0.15) is 0 Å². The molecule has 0 amide bonds. The van der Waals surface area contributed by atoms with E-state index in [1.807, 2.05) is 53.4 Å². The van der Waals surface area contributed by atoms with Crippen LogP contribution in [0.4, 0.5) is 0 Å². The molecule has 0 aromatic carbocycles. The standard InChI is InChI=1S/C25H42N2O7S/c1-8-25(11-9-10-12-25)34-23(29)17-19(32-16(28)13-27(14(2)3)15(4)5)21-18-22(20(17)33-21)35(30,31)26-24(18,6)7/h14-15,17-22,26H,8-13H2,1-7H3. The fourth-order valence-corrected chi connectivity index (χ4v) is 9.40. The van der Waals surface area contributed by atoms with E-state index >= 15 is 0 Å². The molecule has 0 aromatic rings. The number of nitrogens with zero attached hydrogens (tertiary/aromatic N) is 1. The summed E-state index contributed by atoms with van der Waals surface area (Å²) in [5.74, 6) is -2.36. The Balaban J connectivity index is 1.62. The minimum atomic E-state index is -3.70. The first-order valence-electron chi connectivity index (χ1n) is 13.1. The molecule has 200 valence electrons. The zero-order valence-electron chi connectivity index (χ0n) is 22.1. The van der Waals surface area contributed by atoms with Crippen molar-refractivity contribution >= 4 is 22.0 Å². The normalized spacial score (nSPS) is 36.2. The average molecular weight is 515 g/mol. The van der Waals surface area contributed by atoms with Crippen LogP contribution < -0.4 is 4.72 Å². The lowest BCUT2D eigenvalue weighted by molar-refractivity contribution is -0.175. The lowest BCUT2D eigenvalue weighted by Crippen LogP contribution is -2.56. The number of hydrogen-bond donors (Lipinski definition) is 1. The molecule has 6 atom stereocenters. The van der Waals surface area contributed by atoms with Gasteiger partial charge < -0.3 is 14.2 Å². The summed E-state index contributed by atoms with van der Waals surface area (Å²) in [5.41, 5.74) is -1.31. The van der Waals surface area contributed by atoms with Crippen molar-refractivity contribution in [2.45, 2.75) is 127 Å². The third-order valence-electron chi connectivity index (χ3n) is 8.63. The van der Waals surface area contributed by atoms with Gasteiger partial charge in [0.05, 0.1) is 12.6 Å². The fraction of sp³-hybridized carbons (Fsp3) is 0.920. The molecule has 3 saturated heterocycles. The molecule has 1 aliphatic carbocycles. The molecule has 35 heavy (non-hydrogen) atoms. The molecule has 1 saturated carbocycles. The number of fused-ring (bicyclic) bond motifs is 5. The predicted octanol–water partition coefficient (Wildman–Crippen LogP) is 2.38. The van der Waals surface area contributed by atoms with Crippen LogP contribution in [0.2, 0.25) is 0 Å². The maximum atomic E-state index is 13.6.